The molecule has 4 aromatic rings. The van der Waals surface area contributed by atoms with Crippen molar-refractivity contribution in [2.75, 3.05) is 39.5 Å². The third kappa shape index (κ3) is 10.7. The zero-order valence-electron chi connectivity index (χ0n) is 23.1. The van der Waals surface area contributed by atoms with Gasteiger partial charge in [-0.15, -0.1) is 0 Å². The van der Waals surface area contributed by atoms with Crippen LogP contribution in [-0.4, -0.2) is 54.6 Å². The molecule has 0 aromatic heterocycles. The molecule has 2 N–H and O–H groups in total. The number of aromatic hydroxyl groups is 1. The molecule has 0 fully saturated rings. The minimum Gasteiger partial charge on any atom is -0.506 e. The van der Waals surface area contributed by atoms with Crippen LogP contribution < -0.4 is 4.74 Å². The molecule has 4 aromatic carbocycles. The maximum Gasteiger partial charge on any atom is 0.134 e. The number of aliphatic hydroxyl groups excluding tert-OH is 1. The maximum atomic E-state index is 10.9. The molecule has 0 aliphatic rings. The lowest BCUT2D eigenvalue weighted by Crippen LogP contribution is -2.32. The zero-order chi connectivity index (χ0) is 28.9. The van der Waals surface area contributed by atoms with Gasteiger partial charge in [0.2, 0.25) is 0 Å². The number of halogens is 2. The van der Waals surface area contributed by atoms with Gasteiger partial charge in [0.15, 0.2) is 0 Å². The fraction of sp³-hybridized carbons (Fsp3) is 0.294. The second kappa shape index (κ2) is 16.4. The van der Waals surface area contributed by atoms with E-state index in [1.54, 1.807) is 24.3 Å². The van der Waals surface area contributed by atoms with Gasteiger partial charge in [0.05, 0.1) is 24.3 Å². The first-order chi connectivity index (χ1) is 20.0. The van der Waals surface area contributed by atoms with Crippen molar-refractivity contribution in [2.45, 2.75) is 25.4 Å². The lowest BCUT2D eigenvalue weighted by molar-refractivity contribution is 0.102. The van der Waals surface area contributed by atoms with E-state index in [4.69, 9.17) is 32.7 Å². The zero-order valence-corrected chi connectivity index (χ0v) is 24.6. The molecule has 41 heavy (non-hydrogen) atoms. The van der Waals surface area contributed by atoms with Crippen molar-refractivity contribution < 1.29 is 19.7 Å². The molecular weight excluding hydrogens is 557 g/mol. The van der Waals surface area contributed by atoms with Crippen molar-refractivity contribution in [1.82, 2.24) is 4.90 Å². The van der Waals surface area contributed by atoms with E-state index in [2.05, 4.69) is 29.2 Å². The van der Waals surface area contributed by atoms with Gasteiger partial charge in [0.1, 0.15) is 18.1 Å². The normalized spacial score (nSPS) is 12.0. The van der Waals surface area contributed by atoms with Crippen molar-refractivity contribution >= 4 is 23.2 Å². The van der Waals surface area contributed by atoms with Crippen LogP contribution in [0, 0.1) is 0 Å². The van der Waals surface area contributed by atoms with Gasteiger partial charge >= 0.3 is 0 Å². The van der Waals surface area contributed by atoms with Gasteiger partial charge in [0, 0.05) is 24.7 Å². The highest BCUT2D eigenvalue weighted by molar-refractivity contribution is 6.32. The van der Waals surface area contributed by atoms with Gasteiger partial charge in [-0.1, -0.05) is 83.9 Å². The number of phenols is 1. The van der Waals surface area contributed by atoms with Crippen molar-refractivity contribution in [3.8, 4) is 11.5 Å². The minimum atomic E-state index is -0.664. The van der Waals surface area contributed by atoms with Crippen molar-refractivity contribution in [3.05, 3.63) is 129 Å². The molecule has 4 rings (SSSR count). The summed E-state index contributed by atoms with van der Waals surface area (Å²) in [6.07, 6.45) is 1.79. The predicted octanol–water partition coefficient (Wildman–Crippen LogP) is 7.16. The number of rotatable bonds is 16. The van der Waals surface area contributed by atoms with Gasteiger partial charge in [-0.05, 0) is 77.9 Å². The van der Waals surface area contributed by atoms with E-state index >= 15 is 0 Å². The second-order valence-corrected chi connectivity index (χ2v) is 10.8. The number of aliphatic hydroxyl groups is 1. The number of hydrogen-bond acceptors (Lipinski definition) is 5. The van der Waals surface area contributed by atoms with E-state index in [0.717, 1.165) is 49.2 Å². The number of nitrogens with zero attached hydrogens (tertiary/aromatic N) is 1. The summed E-state index contributed by atoms with van der Waals surface area (Å²) in [6, 6.07) is 31.1. The molecule has 0 radical (unpaired) electrons. The summed E-state index contributed by atoms with van der Waals surface area (Å²) < 4.78 is 11.6. The van der Waals surface area contributed by atoms with Crippen LogP contribution in [0.15, 0.2) is 97.1 Å². The van der Waals surface area contributed by atoms with Crippen LogP contribution in [0.5, 0.6) is 11.5 Å². The van der Waals surface area contributed by atoms with Crippen LogP contribution in [0.2, 0.25) is 10.0 Å². The summed E-state index contributed by atoms with van der Waals surface area (Å²) in [4.78, 5) is 2.24. The van der Waals surface area contributed by atoms with Gasteiger partial charge in [-0.2, -0.15) is 0 Å². The van der Waals surface area contributed by atoms with Gasteiger partial charge in [-0.3, -0.25) is 4.90 Å². The lowest BCUT2D eigenvalue weighted by Gasteiger charge is -2.25. The largest absolute Gasteiger partial charge is 0.506 e. The molecule has 216 valence electrons. The smallest absolute Gasteiger partial charge is 0.134 e. The minimum absolute atomic E-state index is 0.0756. The van der Waals surface area contributed by atoms with E-state index in [0.29, 0.717) is 36.4 Å². The van der Waals surface area contributed by atoms with Crippen LogP contribution in [-0.2, 0) is 24.0 Å². The summed E-state index contributed by atoms with van der Waals surface area (Å²) in [5.41, 5.74) is 4.28. The fourth-order valence-electron chi connectivity index (χ4n) is 4.55. The molecule has 1 atom stereocenters. The Kier molecular flexibility index (Phi) is 12.4. The third-order valence-corrected chi connectivity index (χ3v) is 7.45. The lowest BCUT2D eigenvalue weighted by atomic mass is 10.1. The Morgan fingerprint density at radius 3 is 2.12 bits per heavy atom. The molecule has 7 heteroatoms. The molecule has 0 bridgehead atoms. The maximum absolute atomic E-state index is 10.9. The van der Waals surface area contributed by atoms with Crippen LogP contribution >= 0.6 is 23.2 Å². The first-order valence-electron chi connectivity index (χ1n) is 13.9. The van der Waals surface area contributed by atoms with Crippen molar-refractivity contribution in [1.29, 1.82) is 0 Å². The molecule has 0 heterocycles. The molecule has 0 aliphatic heterocycles. The van der Waals surface area contributed by atoms with Gasteiger partial charge < -0.3 is 19.7 Å². The summed E-state index contributed by atoms with van der Waals surface area (Å²) in [5, 5.41) is 21.6. The number of phenolic OH excluding ortho intramolecular Hbond substituents is 1. The highest BCUT2D eigenvalue weighted by Crippen LogP contribution is 2.24. The third-order valence-electron chi connectivity index (χ3n) is 6.91. The van der Waals surface area contributed by atoms with E-state index < -0.39 is 6.10 Å². The molecule has 5 nitrogen and oxygen atoms in total. The number of benzene rings is 4. The average Bonchev–Trinajstić information content (AvgIpc) is 2.99. The van der Waals surface area contributed by atoms with E-state index in [1.807, 2.05) is 48.5 Å². The highest BCUT2D eigenvalue weighted by Gasteiger charge is 2.15. The predicted molar refractivity (Wildman–Crippen MR) is 166 cm³/mol. The Labute approximate surface area is 252 Å². The summed E-state index contributed by atoms with van der Waals surface area (Å²) >= 11 is 12.3. The number of ether oxygens (including phenoxy) is 2. The standard InChI is InChI=1S/C34H37Cl2NO4/c35-30-8-4-7-29(24-30)34(39)25-37(19-16-28-11-14-33(38)32(36)23-28)18-15-27-9-12-31(13-10-27)41-22-21-40-20-17-26-5-2-1-3-6-26/h1-14,23-24,34,38-39H,15-22,25H2/t34-/m0/s1. The Balaban J connectivity index is 1.25. The Hall–Kier alpha value is -3.06. The Morgan fingerprint density at radius 1 is 0.683 bits per heavy atom. The first-order valence-corrected chi connectivity index (χ1v) is 14.7. The Bertz CT molecular complexity index is 1330. The van der Waals surface area contributed by atoms with Gasteiger partial charge in [0.25, 0.3) is 0 Å². The van der Waals surface area contributed by atoms with E-state index in [9.17, 15) is 10.2 Å². The SMILES string of the molecule is Oc1ccc(CCN(CCc2ccc(OCCOCCc3ccccc3)cc2)C[C@H](O)c2cccc(Cl)c2)cc1Cl. The Morgan fingerprint density at radius 2 is 1.39 bits per heavy atom. The van der Waals surface area contributed by atoms with E-state index in [1.165, 1.54) is 11.1 Å². The van der Waals surface area contributed by atoms with Crippen LogP contribution in [0.3, 0.4) is 0 Å². The number of hydrogen-bond donors (Lipinski definition) is 2. The van der Waals surface area contributed by atoms with Crippen molar-refractivity contribution in [2.24, 2.45) is 0 Å². The molecule has 0 saturated carbocycles. The topological polar surface area (TPSA) is 62.2 Å². The van der Waals surface area contributed by atoms with Crippen molar-refractivity contribution in [3.63, 3.8) is 0 Å². The molecule has 0 unspecified atom stereocenters. The molecule has 0 amide bonds. The summed E-state index contributed by atoms with van der Waals surface area (Å²) in [6.45, 7) is 3.69. The average molecular weight is 595 g/mol. The molecule has 0 saturated heterocycles. The van der Waals surface area contributed by atoms with Crippen LogP contribution in [0.4, 0.5) is 0 Å². The monoisotopic (exact) mass is 593 g/mol. The highest BCUT2D eigenvalue weighted by atomic mass is 35.5. The quantitative estimate of drug-likeness (QED) is 0.135. The molecular formula is C34H37Cl2NO4. The first kappa shape index (κ1) is 30.9. The molecule has 0 aliphatic carbocycles. The molecule has 0 spiro atoms. The van der Waals surface area contributed by atoms with Gasteiger partial charge in [-0.25, -0.2) is 0 Å². The summed E-state index contributed by atoms with van der Waals surface area (Å²) in [7, 11) is 0. The second-order valence-electron chi connectivity index (χ2n) is 10.00. The summed E-state index contributed by atoms with van der Waals surface area (Å²) in [5.74, 6) is 0.893. The fourth-order valence-corrected chi connectivity index (χ4v) is 4.95. The van der Waals surface area contributed by atoms with Crippen LogP contribution in [0.25, 0.3) is 0 Å². The van der Waals surface area contributed by atoms with Crippen LogP contribution in [0.1, 0.15) is 28.4 Å². The van der Waals surface area contributed by atoms with E-state index in [-0.39, 0.29) is 5.75 Å².